The molecule has 8 nitrogen and oxygen atoms in total. The molecule has 1 saturated heterocycles. The number of benzene rings is 1. The van der Waals surface area contributed by atoms with Crippen LogP contribution >= 0.6 is 11.8 Å². The van der Waals surface area contributed by atoms with E-state index in [2.05, 4.69) is 39.1 Å². The number of carbonyl (C=O) groups is 1. The van der Waals surface area contributed by atoms with Crippen molar-refractivity contribution in [2.24, 2.45) is 0 Å². The predicted octanol–water partition coefficient (Wildman–Crippen LogP) is 3.60. The number of ether oxygens (including phenoxy) is 1. The molecular formula is C23H27N5O3S. The van der Waals surface area contributed by atoms with Crippen LogP contribution in [0.1, 0.15) is 11.3 Å². The SMILES string of the molecule is C=CCn1c(SCC(=O)Nc2ccc(CN3CCOCC3)cc2)nnc1-c1ccoc1C. The lowest BCUT2D eigenvalue weighted by Crippen LogP contribution is -2.35. The molecule has 0 spiro atoms. The Bertz CT molecular complexity index is 1050. The number of furan rings is 1. The highest BCUT2D eigenvalue weighted by Gasteiger charge is 2.18. The number of aromatic nitrogens is 3. The Balaban J connectivity index is 1.33. The average Bonchev–Trinajstić information content (AvgIpc) is 3.40. The van der Waals surface area contributed by atoms with Gasteiger partial charge in [0.25, 0.3) is 0 Å². The van der Waals surface area contributed by atoms with Gasteiger partial charge in [0.05, 0.1) is 30.8 Å². The van der Waals surface area contributed by atoms with Crippen molar-refractivity contribution in [1.82, 2.24) is 19.7 Å². The molecule has 4 rings (SSSR count). The fourth-order valence-electron chi connectivity index (χ4n) is 3.54. The number of allylic oxidation sites excluding steroid dienone is 1. The number of hydrogen-bond acceptors (Lipinski definition) is 7. The van der Waals surface area contributed by atoms with Crippen molar-refractivity contribution in [3.8, 4) is 11.4 Å². The number of thioether (sulfide) groups is 1. The van der Waals surface area contributed by atoms with Gasteiger partial charge in [0.15, 0.2) is 11.0 Å². The first-order valence-electron chi connectivity index (χ1n) is 10.5. The Morgan fingerprint density at radius 3 is 2.69 bits per heavy atom. The molecule has 1 fully saturated rings. The maximum atomic E-state index is 12.5. The topological polar surface area (TPSA) is 85.4 Å². The van der Waals surface area contributed by atoms with E-state index in [1.807, 2.05) is 29.7 Å². The van der Waals surface area contributed by atoms with Crippen molar-refractivity contribution in [2.45, 2.75) is 25.2 Å². The Labute approximate surface area is 191 Å². The summed E-state index contributed by atoms with van der Waals surface area (Å²) in [5.74, 6) is 1.61. The minimum atomic E-state index is -0.0925. The predicted molar refractivity (Wildman–Crippen MR) is 125 cm³/mol. The molecule has 0 aliphatic carbocycles. The van der Waals surface area contributed by atoms with E-state index in [0.717, 1.165) is 49.9 Å². The molecule has 0 atom stereocenters. The van der Waals surface area contributed by atoms with Crippen LogP contribution < -0.4 is 5.32 Å². The summed E-state index contributed by atoms with van der Waals surface area (Å²) >= 11 is 1.35. The van der Waals surface area contributed by atoms with Gasteiger partial charge < -0.3 is 14.5 Å². The molecule has 1 aliphatic heterocycles. The first kappa shape index (κ1) is 22.3. The molecule has 3 heterocycles. The number of rotatable bonds is 9. The number of aryl methyl sites for hydroxylation is 1. The molecule has 32 heavy (non-hydrogen) atoms. The highest BCUT2D eigenvalue weighted by Crippen LogP contribution is 2.27. The zero-order valence-corrected chi connectivity index (χ0v) is 18.9. The third kappa shape index (κ3) is 5.48. The summed E-state index contributed by atoms with van der Waals surface area (Å²) < 4.78 is 12.7. The van der Waals surface area contributed by atoms with Gasteiger partial charge in [-0.15, -0.1) is 16.8 Å². The van der Waals surface area contributed by atoms with Crippen LogP contribution in [-0.4, -0.2) is 57.6 Å². The van der Waals surface area contributed by atoms with E-state index in [9.17, 15) is 4.79 Å². The van der Waals surface area contributed by atoms with Crippen molar-refractivity contribution in [3.05, 3.63) is 60.6 Å². The van der Waals surface area contributed by atoms with Crippen molar-refractivity contribution in [3.63, 3.8) is 0 Å². The molecule has 1 aliphatic rings. The maximum absolute atomic E-state index is 12.5. The van der Waals surface area contributed by atoms with Gasteiger partial charge in [0, 0.05) is 31.9 Å². The summed E-state index contributed by atoms with van der Waals surface area (Å²) in [7, 11) is 0. The van der Waals surface area contributed by atoms with Gasteiger partial charge in [-0.1, -0.05) is 30.0 Å². The van der Waals surface area contributed by atoms with E-state index in [-0.39, 0.29) is 11.7 Å². The molecule has 9 heteroatoms. The second kappa shape index (κ2) is 10.6. The van der Waals surface area contributed by atoms with E-state index in [1.54, 1.807) is 12.3 Å². The van der Waals surface area contributed by atoms with Gasteiger partial charge >= 0.3 is 0 Å². The molecular weight excluding hydrogens is 426 g/mol. The van der Waals surface area contributed by atoms with Crippen LogP contribution in [0.4, 0.5) is 5.69 Å². The quantitative estimate of drug-likeness (QED) is 0.391. The van der Waals surface area contributed by atoms with E-state index < -0.39 is 0 Å². The van der Waals surface area contributed by atoms with Crippen LogP contribution in [0.25, 0.3) is 11.4 Å². The number of carbonyl (C=O) groups excluding carboxylic acids is 1. The Hall–Kier alpha value is -2.88. The van der Waals surface area contributed by atoms with Gasteiger partial charge in [-0.25, -0.2) is 0 Å². The highest BCUT2D eigenvalue weighted by molar-refractivity contribution is 7.99. The average molecular weight is 454 g/mol. The standard InChI is InChI=1S/C23H27N5O3S/c1-3-9-28-22(20-8-12-31-17(20)2)25-26-23(28)32-16-21(29)24-19-6-4-18(5-7-19)15-27-10-13-30-14-11-27/h3-8,12H,1,9-11,13-16H2,2H3,(H,24,29). The molecule has 1 amide bonds. The fourth-order valence-corrected chi connectivity index (χ4v) is 4.29. The van der Waals surface area contributed by atoms with Crippen molar-refractivity contribution in [1.29, 1.82) is 0 Å². The zero-order valence-electron chi connectivity index (χ0n) is 18.1. The number of morpholine rings is 1. The van der Waals surface area contributed by atoms with Gasteiger partial charge in [-0.3, -0.25) is 14.3 Å². The second-order valence-electron chi connectivity index (χ2n) is 7.52. The van der Waals surface area contributed by atoms with Crippen LogP contribution in [0.15, 0.2) is 58.8 Å². The molecule has 1 aromatic carbocycles. The number of hydrogen-bond donors (Lipinski definition) is 1. The monoisotopic (exact) mass is 453 g/mol. The van der Waals surface area contributed by atoms with Crippen LogP contribution in [0.3, 0.4) is 0 Å². The van der Waals surface area contributed by atoms with Crippen molar-refractivity contribution < 1.29 is 13.9 Å². The van der Waals surface area contributed by atoms with Crippen LogP contribution in [0.5, 0.6) is 0 Å². The lowest BCUT2D eigenvalue weighted by Gasteiger charge is -2.26. The Morgan fingerprint density at radius 2 is 2.00 bits per heavy atom. The van der Waals surface area contributed by atoms with Gasteiger partial charge in [-0.05, 0) is 30.7 Å². The summed E-state index contributed by atoms with van der Waals surface area (Å²) in [5, 5.41) is 12.2. The summed E-state index contributed by atoms with van der Waals surface area (Å²) in [6, 6.07) is 9.86. The van der Waals surface area contributed by atoms with Gasteiger partial charge in [0.1, 0.15) is 5.76 Å². The Kier molecular flexibility index (Phi) is 7.41. The lowest BCUT2D eigenvalue weighted by molar-refractivity contribution is -0.113. The number of anilines is 1. The summed E-state index contributed by atoms with van der Waals surface area (Å²) in [6.45, 7) is 10.6. The molecule has 3 aromatic rings. The third-order valence-electron chi connectivity index (χ3n) is 5.21. The van der Waals surface area contributed by atoms with Gasteiger partial charge in [0.2, 0.25) is 5.91 Å². The van der Waals surface area contributed by atoms with Crippen LogP contribution in [0, 0.1) is 6.92 Å². The van der Waals surface area contributed by atoms with E-state index in [4.69, 9.17) is 9.15 Å². The molecule has 1 N–H and O–H groups in total. The second-order valence-corrected chi connectivity index (χ2v) is 8.46. The minimum Gasteiger partial charge on any atom is -0.469 e. The summed E-state index contributed by atoms with van der Waals surface area (Å²) in [6.07, 6.45) is 3.41. The van der Waals surface area contributed by atoms with Crippen molar-refractivity contribution >= 4 is 23.4 Å². The molecule has 2 aromatic heterocycles. The number of nitrogens with zero attached hydrogens (tertiary/aromatic N) is 4. The maximum Gasteiger partial charge on any atom is 0.234 e. The van der Waals surface area contributed by atoms with Gasteiger partial charge in [-0.2, -0.15) is 0 Å². The normalized spacial score (nSPS) is 14.4. The highest BCUT2D eigenvalue weighted by atomic mass is 32.2. The van der Waals surface area contributed by atoms with E-state index in [1.165, 1.54) is 17.3 Å². The third-order valence-corrected chi connectivity index (χ3v) is 6.17. The van der Waals surface area contributed by atoms with E-state index in [0.29, 0.717) is 17.5 Å². The molecule has 0 unspecified atom stereocenters. The van der Waals surface area contributed by atoms with E-state index >= 15 is 0 Å². The van der Waals surface area contributed by atoms with Crippen molar-refractivity contribution in [2.75, 3.05) is 37.4 Å². The number of nitrogens with one attached hydrogen (secondary N) is 1. The smallest absolute Gasteiger partial charge is 0.234 e. The Morgan fingerprint density at radius 1 is 1.22 bits per heavy atom. The molecule has 0 bridgehead atoms. The lowest BCUT2D eigenvalue weighted by atomic mass is 10.2. The molecule has 0 radical (unpaired) electrons. The summed E-state index contributed by atoms with van der Waals surface area (Å²) in [4.78, 5) is 14.9. The molecule has 168 valence electrons. The number of amides is 1. The van der Waals surface area contributed by atoms with Crippen LogP contribution in [0.2, 0.25) is 0 Å². The van der Waals surface area contributed by atoms with Crippen LogP contribution in [-0.2, 0) is 22.6 Å². The first-order valence-corrected chi connectivity index (χ1v) is 11.5. The summed E-state index contributed by atoms with van der Waals surface area (Å²) in [5.41, 5.74) is 2.88. The first-order chi connectivity index (χ1) is 15.6. The zero-order chi connectivity index (χ0) is 22.3. The largest absolute Gasteiger partial charge is 0.469 e. The fraction of sp³-hybridized carbons (Fsp3) is 0.348. The molecule has 0 saturated carbocycles. The minimum absolute atomic E-state index is 0.0925.